The average molecular weight is 306 g/mol. The van der Waals surface area contributed by atoms with Crippen LogP contribution in [0.4, 0.5) is 0 Å². The lowest BCUT2D eigenvalue weighted by atomic mass is 10.3. The summed E-state index contributed by atoms with van der Waals surface area (Å²) >= 11 is 0. The number of hydrogen-bond acceptors (Lipinski definition) is 3. The molecule has 3 nitrogen and oxygen atoms in total. The van der Waals surface area contributed by atoms with E-state index in [-0.39, 0.29) is 0 Å². The summed E-state index contributed by atoms with van der Waals surface area (Å²) in [4.78, 5) is 7.15. The summed E-state index contributed by atoms with van der Waals surface area (Å²) in [6.07, 6.45) is 10.2. The average Bonchev–Trinajstić information content (AvgIpc) is 2.48. The normalized spacial score (nSPS) is 11.1. The molecule has 0 radical (unpaired) electrons. The summed E-state index contributed by atoms with van der Waals surface area (Å²) in [6.45, 7) is 23.4. The molecule has 0 bridgehead atoms. The van der Waals surface area contributed by atoms with Gasteiger partial charge in [-0.1, -0.05) is 24.3 Å². The molecule has 0 unspecified atom stereocenters. The van der Waals surface area contributed by atoms with E-state index in [1.54, 1.807) is 0 Å². The predicted octanol–water partition coefficient (Wildman–Crippen LogP) is 3.05. The van der Waals surface area contributed by atoms with Gasteiger partial charge in [-0.2, -0.15) is 0 Å². The lowest BCUT2D eigenvalue weighted by molar-refractivity contribution is 0.257. The van der Waals surface area contributed by atoms with Gasteiger partial charge in [-0.15, -0.1) is 26.3 Å². The molecule has 0 aromatic heterocycles. The highest BCUT2D eigenvalue weighted by Crippen LogP contribution is 1.98. The van der Waals surface area contributed by atoms with Crippen molar-refractivity contribution < 1.29 is 0 Å². The maximum atomic E-state index is 3.81. The summed E-state index contributed by atoms with van der Waals surface area (Å²) in [5.41, 5.74) is 0. The van der Waals surface area contributed by atoms with E-state index in [9.17, 15) is 0 Å². The van der Waals surface area contributed by atoms with Crippen molar-refractivity contribution in [2.24, 2.45) is 0 Å². The van der Waals surface area contributed by atoms with Crippen LogP contribution in [-0.4, -0.2) is 74.1 Å². The molecular formula is C19H35N3. The van der Waals surface area contributed by atoms with Crippen molar-refractivity contribution in [1.29, 1.82) is 0 Å². The smallest absolute Gasteiger partial charge is 0.0163 e. The molecule has 0 N–H and O–H groups in total. The molecule has 0 aromatic carbocycles. The fourth-order valence-electron chi connectivity index (χ4n) is 2.48. The Balaban J connectivity index is 3.81. The topological polar surface area (TPSA) is 9.72 Å². The zero-order valence-corrected chi connectivity index (χ0v) is 14.6. The summed E-state index contributed by atoms with van der Waals surface area (Å²) < 4.78 is 0. The maximum absolute atomic E-state index is 3.81. The van der Waals surface area contributed by atoms with Gasteiger partial charge in [0.2, 0.25) is 0 Å². The number of nitrogens with zero attached hydrogens (tertiary/aromatic N) is 3. The Morgan fingerprint density at radius 2 is 0.909 bits per heavy atom. The third-order valence-electron chi connectivity index (χ3n) is 3.58. The third-order valence-corrected chi connectivity index (χ3v) is 3.58. The minimum absolute atomic E-state index is 0.938. The van der Waals surface area contributed by atoms with Crippen LogP contribution in [0.1, 0.15) is 12.8 Å². The van der Waals surface area contributed by atoms with Crippen molar-refractivity contribution in [2.75, 3.05) is 59.4 Å². The van der Waals surface area contributed by atoms with Crippen LogP contribution in [0.3, 0.4) is 0 Å². The SMILES string of the molecule is C=CCN(CC=C)CCCN(C)CCCN(CC=C)CC=C. The second kappa shape index (κ2) is 14.8. The van der Waals surface area contributed by atoms with E-state index in [4.69, 9.17) is 0 Å². The second-order valence-corrected chi connectivity index (χ2v) is 5.68. The van der Waals surface area contributed by atoms with Gasteiger partial charge in [0.1, 0.15) is 0 Å². The van der Waals surface area contributed by atoms with Crippen molar-refractivity contribution in [2.45, 2.75) is 12.8 Å². The molecule has 0 fully saturated rings. The fourth-order valence-corrected chi connectivity index (χ4v) is 2.48. The Kier molecular flexibility index (Phi) is 14.0. The number of rotatable bonds is 16. The van der Waals surface area contributed by atoms with Crippen molar-refractivity contribution in [1.82, 2.24) is 14.7 Å². The van der Waals surface area contributed by atoms with Crippen LogP contribution >= 0.6 is 0 Å². The molecule has 22 heavy (non-hydrogen) atoms. The number of hydrogen-bond donors (Lipinski definition) is 0. The van der Waals surface area contributed by atoms with E-state index >= 15 is 0 Å². The molecule has 0 saturated carbocycles. The summed E-state index contributed by atoms with van der Waals surface area (Å²) in [5, 5.41) is 0. The summed E-state index contributed by atoms with van der Waals surface area (Å²) in [5.74, 6) is 0. The van der Waals surface area contributed by atoms with Crippen molar-refractivity contribution in [3.05, 3.63) is 50.6 Å². The van der Waals surface area contributed by atoms with Gasteiger partial charge in [0.15, 0.2) is 0 Å². The lowest BCUT2D eigenvalue weighted by Gasteiger charge is -2.23. The summed E-state index contributed by atoms with van der Waals surface area (Å²) in [7, 11) is 2.21. The first-order valence-electron chi connectivity index (χ1n) is 8.24. The van der Waals surface area contributed by atoms with E-state index in [0.717, 1.165) is 52.4 Å². The molecule has 0 atom stereocenters. The van der Waals surface area contributed by atoms with Gasteiger partial charge in [0.05, 0.1) is 0 Å². The standard InChI is InChI=1S/C19H35N3/c1-6-12-21(13-7-2)18-10-16-20(5)17-11-19-22(14-8-3)15-9-4/h6-9H,1-4,10-19H2,5H3. The molecular weight excluding hydrogens is 270 g/mol. The Morgan fingerprint density at radius 3 is 1.18 bits per heavy atom. The Labute approximate surface area is 138 Å². The van der Waals surface area contributed by atoms with Crippen LogP contribution in [0.5, 0.6) is 0 Å². The molecule has 0 aliphatic heterocycles. The highest BCUT2D eigenvalue weighted by molar-refractivity contribution is 4.80. The first-order valence-corrected chi connectivity index (χ1v) is 8.24. The van der Waals surface area contributed by atoms with Gasteiger partial charge in [-0.3, -0.25) is 9.80 Å². The third kappa shape index (κ3) is 11.5. The van der Waals surface area contributed by atoms with Crippen LogP contribution in [-0.2, 0) is 0 Å². The van der Waals surface area contributed by atoms with Crippen LogP contribution in [0.2, 0.25) is 0 Å². The van der Waals surface area contributed by atoms with E-state index in [0.29, 0.717) is 0 Å². The van der Waals surface area contributed by atoms with Crippen molar-refractivity contribution >= 4 is 0 Å². The molecule has 3 heteroatoms. The quantitative estimate of drug-likeness (QED) is 0.406. The van der Waals surface area contributed by atoms with E-state index in [1.807, 2.05) is 24.3 Å². The van der Waals surface area contributed by atoms with Gasteiger partial charge < -0.3 is 4.90 Å². The van der Waals surface area contributed by atoms with Crippen LogP contribution in [0.15, 0.2) is 50.6 Å². The van der Waals surface area contributed by atoms with Crippen molar-refractivity contribution in [3.8, 4) is 0 Å². The maximum Gasteiger partial charge on any atom is 0.0163 e. The molecule has 0 spiro atoms. The predicted molar refractivity (Wildman–Crippen MR) is 100 cm³/mol. The largest absolute Gasteiger partial charge is 0.306 e. The molecule has 0 aromatic rings. The summed E-state index contributed by atoms with van der Waals surface area (Å²) in [6, 6.07) is 0. The van der Waals surface area contributed by atoms with Gasteiger partial charge in [0, 0.05) is 39.3 Å². The van der Waals surface area contributed by atoms with E-state index in [1.165, 1.54) is 12.8 Å². The molecule has 0 amide bonds. The van der Waals surface area contributed by atoms with Gasteiger partial charge >= 0.3 is 0 Å². The zero-order valence-electron chi connectivity index (χ0n) is 14.6. The second-order valence-electron chi connectivity index (χ2n) is 5.68. The highest BCUT2D eigenvalue weighted by atomic mass is 15.1. The molecule has 0 heterocycles. The van der Waals surface area contributed by atoms with Crippen molar-refractivity contribution in [3.63, 3.8) is 0 Å². The highest BCUT2D eigenvalue weighted by Gasteiger charge is 2.04. The van der Waals surface area contributed by atoms with Crippen LogP contribution in [0.25, 0.3) is 0 Å². The Morgan fingerprint density at radius 1 is 0.591 bits per heavy atom. The molecule has 0 aliphatic carbocycles. The van der Waals surface area contributed by atoms with Crippen LogP contribution < -0.4 is 0 Å². The van der Waals surface area contributed by atoms with Gasteiger partial charge in [-0.25, -0.2) is 0 Å². The Bertz CT molecular complexity index is 262. The van der Waals surface area contributed by atoms with E-state index in [2.05, 4.69) is 48.1 Å². The molecule has 0 saturated heterocycles. The Hall–Kier alpha value is -1.16. The fraction of sp³-hybridized carbons (Fsp3) is 0.579. The monoisotopic (exact) mass is 305 g/mol. The molecule has 0 aliphatic rings. The minimum Gasteiger partial charge on any atom is -0.306 e. The lowest BCUT2D eigenvalue weighted by Crippen LogP contribution is -2.31. The first-order chi connectivity index (χ1) is 10.7. The zero-order chi connectivity index (χ0) is 16.6. The molecule has 0 rings (SSSR count). The van der Waals surface area contributed by atoms with E-state index < -0.39 is 0 Å². The molecule has 126 valence electrons. The van der Waals surface area contributed by atoms with Gasteiger partial charge in [-0.05, 0) is 33.0 Å². The first kappa shape index (κ1) is 20.8. The van der Waals surface area contributed by atoms with Gasteiger partial charge in [0.25, 0.3) is 0 Å². The minimum atomic E-state index is 0.938. The van der Waals surface area contributed by atoms with Crippen LogP contribution in [0, 0.1) is 0 Å².